The van der Waals surface area contributed by atoms with Gasteiger partial charge < -0.3 is 0 Å². The summed E-state index contributed by atoms with van der Waals surface area (Å²) in [6, 6.07) is 15.3. The Labute approximate surface area is 184 Å². The van der Waals surface area contributed by atoms with Crippen molar-refractivity contribution in [2.24, 2.45) is 0 Å². The Morgan fingerprint density at radius 1 is 1.03 bits per heavy atom. The standard InChI is InChI=1S/C23H18ClFN2O3S/c24-19-5-7-20(8-6-19)31(29,30)27-14-18(13-17-3-1-2-4-22(17)25)23(28)21(15-27)16-9-11-26-12-10-16/h1-13,21H,14-15H2. The molecule has 1 aliphatic rings. The Balaban J connectivity index is 1.78. The molecular formula is C23H18ClFN2O3S. The summed E-state index contributed by atoms with van der Waals surface area (Å²) in [6.45, 7) is -0.178. The van der Waals surface area contributed by atoms with E-state index in [1.807, 2.05) is 0 Å². The minimum Gasteiger partial charge on any atom is -0.294 e. The Morgan fingerprint density at radius 2 is 1.71 bits per heavy atom. The van der Waals surface area contributed by atoms with Gasteiger partial charge in [0, 0.05) is 41.6 Å². The fraction of sp³-hybridized carbons (Fsp3) is 0.130. The first-order chi connectivity index (χ1) is 14.9. The molecule has 1 aromatic heterocycles. The van der Waals surface area contributed by atoms with Gasteiger partial charge in [0.05, 0.1) is 10.8 Å². The first-order valence-corrected chi connectivity index (χ1v) is 11.3. The average Bonchev–Trinajstić information content (AvgIpc) is 2.77. The largest absolute Gasteiger partial charge is 0.294 e. The second-order valence-corrected chi connectivity index (χ2v) is 9.51. The number of Topliss-reactive ketones (excluding diaryl/α,β-unsaturated/α-hetero) is 1. The summed E-state index contributed by atoms with van der Waals surface area (Å²) in [5.74, 6) is -1.45. The normalized spacial score (nSPS) is 19.0. The third-order valence-corrected chi connectivity index (χ3v) is 7.24. The second-order valence-electron chi connectivity index (χ2n) is 7.14. The highest BCUT2D eigenvalue weighted by molar-refractivity contribution is 7.89. The number of hydrogen-bond acceptors (Lipinski definition) is 4. The van der Waals surface area contributed by atoms with Crippen LogP contribution in [-0.2, 0) is 14.8 Å². The van der Waals surface area contributed by atoms with Crippen molar-refractivity contribution in [3.8, 4) is 0 Å². The van der Waals surface area contributed by atoms with Crippen LogP contribution in [-0.4, -0.2) is 36.6 Å². The van der Waals surface area contributed by atoms with E-state index in [0.717, 1.165) is 0 Å². The molecule has 3 aromatic rings. The molecule has 0 aliphatic carbocycles. The van der Waals surface area contributed by atoms with Crippen LogP contribution in [0.1, 0.15) is 17.0 Å². The number of nitrogens with zero attached hydrogens (tertiary/aromatic N) is 2. The molecule has 2 aromatic carbocycles. The van der Waals surface area contributed by atoms with Gasteiger partial charge in [-0.05, 0) is 54.1 Å². The number of carbonyl (C=O) groups is 1. The molecule has 1 atom stereocenters. The summed E-state index contributed by atoms with van der Waals surface area (Å²) in [6.07, 6.45) is 4.53. The Morgan fingerprint density at radius 3 is 2.39 bits per heavy atom. The third-order valence-electron chi connectivity index (χ3n) is 5.16. The van der Waals surface area contributed by atoms with Gasteiger partial charge in [0.2, 0.25) is 10.0 Å². The van der Waals surface area contributed by atoms with Crippen LogP contribution in [0.2, 0.25) is 5.02 Å². The zero-order valence-electron chi connectivity index (χ0n) is 16.3. The van der Waals surface area contributed by atoms with Crippen LogP contribution in [0.15, 0.2) is 83.5 Å². The Hall–Kier alpha value is -2.87. The monoisotopic (exact) mass is 456 g/mol. The quantitative estimate of drug-likeness (QED) is 0.548. The van der Waals surface area contributed by atoms with Crippen LogP contribution in [0.4, 0.5) is 4.39 Å². The van der Waals surface area contributed by atoms with Crippen LogP contribution in [0, 0.1) is 5.82 Å². The molecular weight excluding hydrogens is 439 g/mol. The summed E-state index contributed by atoms with van der Waals surface area (Å²) in [5, 5.41) is 0.419. The molecule has 158 valence electrons. The molecule has 2 heterocycles. The second kappa shape index (κ2) is 8.70. The number of carbonyl (C=O) groups excluding carboxylic acids is 1. The number of rotatable bonds is 4. The zero-order chi connectivity index (χ0) is 22.0. The summed E-state index contributed by atoms with van der Waals surface area (Å²) in [5.41, 5.74) is 1.09. The van der Waals surface area contributed by atoms with E-state index in [4.69, 9.17) is 11.6 Å². The lowest BCUT2D eigenvalue weighted by atomic mass is 9.87. The molecule has 0 spiro atoms. The molecule has 1 fully saturated rings. The van der Waals surface area contributed by atoms with Crippen LogP contribution in [0.25, 0.3) is 6.08 Å². The third kappa shape index (κ3) is 4.44. The number of aromatic nitrogens is 1. The van der Waals surface area contributed by atoms with Crippen molar-refractivity contribution in [3.05, 3.63) is 101 Å². The summed E-state index contributed by atoms with van der Waals surface area (Å²) in [7, 11) is -3.91. The number of ketones is 1. The minimum absolute atomic E-state index is 0.0254. The van der Waals surface area contributed by atoms with Gasteiger partial charge in [-0.2, -0.15) is 4.31 Å². The molecule has 8 heteroatoms. The lowest BCUT2D eigenvalue weighted by molar-refractivity contribution is -0.118. The molecule has 1 unspecified atom stereocenters. The van der Waals surface area contributed by atoms with Crippen LogP contribution in [0.3, 0.4) is 0 Å². The molecule has 1 saturated heterocycles. The van der Waals surface area contributed by atoms with Crippen LogP contribution >= 0.6 is 11.6 Å². The van der Waals surface area contributed by atoms with Gasteiger partial charge in [-0.1, -0.05) is 29.8 Å². The van der Waals surface area contributed by atoms with Crippen molar-refractivity contribution >= 4 is 33.5 Å². The maximum atomic E-state index is 14.2. The van der Waals surface area contributed by atoms with Gasteiger partial charge in [-0.25, -0.2) is 12.8 Å². The number of hydrogen-bond donors (Lipinski definition) is 0. The van der Waals surface area contributed by atoms with Crippen molar-refractivity contribution < 1.29 is 17.6 Å². The molecule has 31 heavy (non-hydrogen) atoms. The van der Waals surface area contributed by atoms with Crippen molar-refractivity contribution in [1.82, 2.24) is 9.29 Å². The molecule has 4 rings (SSSR count). The minimum atomic E-state index is -3.91. The lowest BCUT2D eigenvalue weighted by Gasteiger charge is -2.33. The molecule has 5 nitrogen and oxygen atoms in total. The van der Waals surface area contributed by atoms with Crippen molar-refractivity contribution in [2.45, 2.75) is 10.8 Å². The van der Waals surface area contributed by atoms with Gasteiger partial charge in [0.15, 0.2) is 5.78 Å². The maximum absolute atomic E-state index is 14.2. The fourth-order valence-corrected chi connectivity index (χ4v) is 5.09. The number of benzene rings is 2. The van der Waals surface area contributed by atoms with E-state index in [2.05, 4.69) is 4.98 Å². The molecule has 1 aliphatic heterocycles. The number of piperidine rings is 1. The molecule has 0 radical (unpaired) electrons. The average molecular weight is 457 g/mol. The Kier molecular flexibility index (Phi) is 6.00. The first kappa shape index (κ1) is 21.4. The van der Waals surface area contributed by atoms with Gasteiger partial charge >= 0.3 is 0 Å². The highest BCUT2D eigenvalue weighted by Gasteiger charge is 2.38. The number of halogens is 2. The molecule has 0 amide bonds. The number of pyridine rings is 1. The predicted molar refractivity (Wildman–Crippen MR) is 117 cm³/mol. The lowest BCUT2D eigenvalue weighted by Crippen LogP contribution is -2.44. The molecule has 0 saturated carbocycles. The van der Waals surface area contributed by atoms with Crippen molar-refractivity contribution in [3.63, 3.8) is 0 Å². The molecule has 0 bridgehead atoms. The predicted octanol–water partition coefficient (Wildman–Crippen LogP) is 4.31. The van der Waals surface area contributed by atoms with E-state index in [1.54, 1.807) is 42.7 Å². The van der Waals surface area contributed by atoms with Gasteiger partial charge in [0.25, 0.3) is 0 Å². The van der Waals surface area contributed by atoms with E-state index in [0.29, 0.717) is 10.6 Å². The molecule has 0 N–H and O–H groups in total. The highest BCUT2D eigenvalue weighted by atomic mass is 35.5. The zero-order valence-corrected chi connectivity index (χ0v) is 17.9. The van der Waals surface area contributed by atoms with Gasteiger partial charge in [0.1, 0.15) is 5.82 Å². The summed E-state index contributed by atoms with van der Waals surface area (Å²) < 4.78 is 42.1. The summed E-state index contributed by atoms with van der Waals surface area (Å²) >= 11 is 5.89. The smallest absolute Gasteiger partial charge is 0.243 e. The van der Waals surface area contributed by atoms with Crippen LogP contribution < -0.4 is 0 Å². The fourth-order valence-electron chi connectivity index (χ4n) is 3.53. The van der Waals surface area contributed by atoms with E-state index >= 15 is 0 Å². The first-order valence-electron chi connectivity index (χ1n) is 9.51. The van der Waals surface area contributed by atoms with Crippen molar-refractivity contribution in [1.29, 1.82) is 0 Å². The van der Waals surface area contributed by atoms with E-state index < -0.39 is 21.8 Å². The van der Waals surface area contributed by atoms with Gasteiger partial charge in [-0.15, -0.1) is 0 Å². The van der Waals surface area contributed by atoms with Crippen molar-refractivity contribution in [2.75, 3.05) is 13.1 Å². The van der Waals surface area contributed by atoms with E-state index in [-0.39, 0.29) is 34.9 Å². The highest BCUT2D eigenvalue weighted by Crippen LogP contribution is 2.32. The van der Waals surface area contributed by atoms with Gasteiger partial charge in [-0.3, -0.25) is 9.78 Å². The van der Waals surface area contributed by atoms with E-state index in [9.17, 15) is 17.6 Å². The van der Waals surface area contributed by atoms with Crippen LogP contribution in [0.5, 0.6) is 0 Å². The van der Waals surface area contributed by atoms with E-state index in [1.165, 1.54) is 40.7 Å². The Bertz CT molecular complexity index is 1250. The SMILES string of the molecule is O=C1C(=Cc2ccccc2F)CN(S(=O)(=O)c2ccc(Cl)cc2)CC1c1ccncc1. The number of sulfonamides is 1. The topological polar surface area (TPSA) is 67.3 Å². The maximum Gasteiger partial charge on any atom is 0.243 e. The summed E-state index contributed by atoms with van der Waals surface area (Å²) in [4.78, 5) is 17.3.